The number of aliphatic hydroxyl groups is 1. The molecule has 9 nitrogen and oxygen atoms in total. The van der Waals surface area contributed by atoms with Gasteiger partial charge in [0, 0.05) is 37.6 Å². The number of rotatable bonds is 2. The van der Waals surface area contributed by atoms with E-state index in [1.54, 1.807) is 13.0 Å². The van der Waals surface area contributed by atoms with Crippen LogP contribution >= 0.6 is 0 Å². The van der Waals surface area contributed by atoms with E-state index in [1.165, 1.54) is 19.9 Å². The molecule has 2 bridgehead atoms. The minimum absolute atomic E-state index is 0.0360. The van der Waals surface area contributed by atoms with Gasteiger partial charge in [0.15, 0.2) is 11.7 Å². The van der Waals surface area contributed by atoms with Gasteiger partial charge in [0.1, 0.15) is 13.2 Å². The quantitative estimate of drug-likeness (QED) is 0.386. The zero-order chi connectivity index (χ0) is 22.5. The summed E-state index contributed by atoms with van der Waals surface area (Å²) in [6, 6.07) is 0. The number of ether oxygens (including phenoxy) is 3. The molecule has 9 heteroatoms. The van der Waals surface area contributed by atoms with Crippen LogP contribution in [0.5, 0.6) is 0 Å². The second-order valence-corrected chi connectivity index (χ2v) is 7.90. The lowest BCUT2D eigenvalue weighted by molar-refractivity contribution is -0.169. The molecule has 0 aliphatic carbocycles. The fraction of sp³-hybridized carbons (Fsp3) is 0.619. The van der Waals surface area contributed by atoms with Crippen LogP contribution in [0, 0.1) is 5.92 Å². The van der Waals surface area contributed by atoms with Crippen molar-refractivity contribution < 1.29 is 38.5 Å². The first-order valence-electron chi connectivity index (χ1n) is 9.87. The SMILES string of the molecule is CC(=O)OC/C=C1\C[C@@H](C)[C@@](C)(O)C(=O)OCC2=CCN(C)CC[C@@H](OC1=O)C2=O. The lowest BCUT2D eigenvalue weighted by atomic mass is 9.85. The molecule has 30 heavy (non-hydrogen) atoms. The van der Waals surface area contributed by atoms with E-state index >= 15 is 0 Å². The Morgan fingerprint density at radius 3 is 2.77 bits per heavy atom. The monoisotopic (exact) mass is 423 g/mol. The summed E-state index contributed by atoms with van der Waals surface area (Å²) >= 11 is 0. The van der Waals surface area contributed by atoms with E-state index in [0.717, 1.165) is 0 Å². The molecule has 0 spiro atoms. The Kier molecular flexibility index (Phi) is 7.91. The predicted molar refractivity (Wildman–Crippen MR) is 105 cm³/mol. The van der Waals surface area contributed by atoms with E-state index in [9.17, 15) is 24.3 Å². The third kappa shape index (κ3) is 5.99. The Balaban J connectivity index is 2.42. The molecule has 1 fully saturated rings. The first kappa shape index (κ1) is 23.8. The number of esters is 3. The molecule has 2 aliphatic rings. The van der Waals surface area contributed by atoms with Crippen LogP contribution in [0.2, 0.25) is 0 Å². The van der Waals surface area contributed by atoms with Crippen LogP contribution in [-0.4, -0.2) is 78.8 Å². The average molecular weight is 423 g/mol. The van der Waals surface area contributed by atoms with Gasteiger partial charge in [-0.25, -0.2) is 9.59 Å². The maximum absolute atomic E-state index is 12.9. The number of likely N-dealkylation sites (N-methyl/N-ethyl adjacent to an activating group) is 1. The van der Waals surface area contributed by atoms with Gasteiger partial charge in [0.25, 0.3) is 0 Å². The molecule has 0 aromatic rings. The highest BCUT2D eigenvalue weighted by Gasteiger charge is 2.41. The van der Waals surface area contributed by atoms with Crippen molar-refractivity contribution in [3.05, 3.63) is 23.3 Å². The van der Waals surface area contributed by atoms with Crippen molar-refractivity contribution in [2.24, 2.45) is 5.92 Å². The van der Waals surface area contributed by atoms with Gasteiger partial charge in [-0.05, 0) is 32.4 Å². The summed E-state index contributed by atoms with van der Waals surface area (Å²) in [5.41, 5.74) is -1.59. The number of Topliss-reactive ketones (excluding diaryl/α,β-unsaturated/α-hetero) is 1. The zero-order valence-electron chi connectivity index (χ0n) is 17.8. The van der Waals surface area contributed by atoms with E-state index < -0.39 is 41.3 Å². The molecule has 0 saturated carbocycles. The summed E-state index contributed by atoms with van der Waals surface area (Å²) in [4.78, 5) is 51.3. The van der Waals surface area contributed by atoms with E-state index in [4.69, 9.17) is 14.2 Å². The highest BCUT2D eigenvalue weighted by Crippen LogP contribution is 2.28. The van der Waals surface area contributed by atoms with Gasteiger partial charge in [0.05, 0.1) is 0 Å². The highest BCUT2D eigenvalue weighted by molar-refractivity contribution is 6.01. The Morgan fingerprint density at radius 1 is 1.40 bits per heavy atom. The molecular formula is C21H29NO8. The van der Waals surface area contributed by atoms with Crippen LogP contribution in [0.3, 0.4) is 0 Å². The number of cyclic esters (lactones) is 1. The Morgan fingerprint density at radius 2 is 2.10 bits per heavy atom. The fourth-order valence-electron chi connectivity index (χ4n) is 3.11. The van der Waals surface area contributed by atoms with E-state index in [1.807, 2.05) is 11.9 Å². The molecule has 2 rings (SSSR count). The van der Waals surface area contributed by atoms with Gasteiger partial charge in [-0.3, -0.25) is 9.59 Å². The summed E-state index contributed by atoms with van der Waals surface area (Å²) in [6.07, 6.45) is 2.22. The normalized spacial score (nSPS) is 30.8. The Hall–Kier alpha value is -2.52. The summed E-state index contributed by atoms with van der Waals surface area (Å²) in [5.74, 6) is -3.30. The molecule has 0 aromatic carbocycles. The zero-order valence-corrected chi connectivity index (χ0v) is 17.8. The van der Waals surface area contributed by atoms with Gasteiger partial charge >= 0.3 is 17.9 Å². The predicted octanol–water partition coefficient (Wildman–Crippen LogP) is 0.553. The Labute approximate surface area is 175 Å². The molecule has 2 heterocycles. The van der Waals surface area contributed by atoms with Gasteiger partial charge in [-0.15, -0.1) is 0 Å². The molecular weight excluding hydrogens is 394 g/mol. The van der Waals surface area contributed by atoms with Crippen LogP contribution in [0.1, 0.15) is 33.6 Å². The maximum Gasteiger partial charge on any atom is 0.338 e. The standard InChI is InChI=1S/C21H29NO8/c1-13-11-15(7-10-28-14(2)23)19(25)30-17-6-9-22(4)8-5-16(18(17)24)12-29-20(26)21(13,3)27/h5,7,13,17,27H,6,8-12H2,1-4H3/b15-7+,16-5?/t13-,17-,21-/m1/s1. The van der Waals surface area contributed by atoms with Crippen molar-refractivity contribution >= 4 is 23.7 Å². The molecule has 166 valence electrons. The number of ketones is 1. The van der Waals surface area contributed by atoms with Crippen molar-refractivity contribution in [3.8, 4) is 0 Å². The second kappa shape index (κ2) is 9.99. The molecule has 2 aliphatic heterocycles. The average Bonchev–Trinajstić information content (AvgIpc) is 2.67. The highest BCUT2D eigenvalue weighted by atomic mass is 16.6. The van der Waals surface area contributed by atoms with Crippen LogP contribution in [0.15, 0.2) is 23.3 Å². The summed E-state index contributed by atoms with van der Waals surface area (Å²) in [6.45, 7) is 4.65. The number of hydrogen-bond acceptors (Lipinski definition) is 9. The van der Waals surface area contributed by atoms with Crippen molar-refractivity contribution in [2.45, 2.75) is 45.3 Å². The van der Waals surface area contributed by atoms with Gasteiger partial charge in [-0.2, -0.15) is 0 Å². The minimum Gasteiger partial charge on any atom is -0.462 e. The Bertz CT molecular complexity index is 767. The van der Waals surface area contributed by atoms with Crippen molar-refractivity contribution in [1.29, 1.82) is 0 Å². The number of nitrogens with zero attached hydrogens (tertiary/aromatic N) is 1. The minimum atomic E-state index is -1.90. The third-order valence-corrected chi connectivity index (χ3v) is 5.42. The molecule has 0 amide bonds. The first-order valence-corrected chi connectivity index (χ1v) is 9.87. The summed E-state index contributed by atoms with van der Waals surface area (Å²) in [5, 5.41) is 10.7. The van der Waals surface area contributed by atoms with Crippen LogP contribution in [0.4, 0.5) is 0 Å². The lowest BCUT2D eigenvalue weighted by Crippen LogP contribution is -2.45. The van der Waals surface area contributed by atoms with E-state index in [0.29, 0.717) is 13.1 Å². The third-order valence-electron chi connectivity index (χ3n) is 5.42. The van der Waals surface area contributed by atoms with Gasteiger partial charge in [-0.1, -0.05) is 13.0 Å². The second-order valence-electron chi connectivity index (χ2n) is 7.90. The first-order chi connectivity index (χ1) is 14.0. The number of fused-ring (bicyclic) bond motifs is 2. The molecule has 0 radical (unpaired) electrons. The molecule has 0 aromatic heterocycles. The van der Waals surface area contributed by atoms with Crippen LogP contribution in [-0.2, 0) is 33.4 Å². The fourth-order valence-corrected chi connectivity index (χ4v) is 3.11. The van der Waals surface area contributed by atoms with Crippen LogP contribution in [0.25, 0.3) is 0 Å². The maximum atomic E-state index is 12.9. The smallest absolute Gasteiger partial charge is 0.338 e. The van der Waals surface area contributed by atoms with Gasteiger partial charge in [0.2, 0.25) is 5.78 Å². The lowest BCUT2D eigenvalue weighted by Gasteiger charge is -2.31. The number of carbonyl (C=O) groups is 4. The summed E-state index contributed by atoms with van der Waals surface area (Å²) < 4.78 is 15.6. The molecule has 1 saturated heterocycles. The van der Waals surface area contributed by atoms with Crippen molar-refractivity contribution in [1.82, 2.24) is 4.90 Å². The topological polar surface area (TPSA) is 119 Å². The van der Waals surface area contributed by atoms with E-state index in [-0.39, 0.29) is 37.2 Å². The molecule has 0 unspecified atom stereocenters. The van der Waals surface area contributed by atoms with Gasteiger partial charge < -0.3 is 24.2 Å². The largest absolute Gasteiger partial charge is 0.462 e. The van der Waals surface area contributed by atoms with Crippen molar-refractivity contribution in [2.75, 3.05) is 33.4 Å². The number of hydrogen-bond donors (Lipinski definition) is 1. The number of carbonyl (C=O) groups excluding carboxylic acids is 4. The molecule has 3 atom stereocenters. The van der Waals surface area contributed by atoms with E-state index in [2.05, 4.69) is 0 Å². The molecule has 1 N–H and O–H groups in total. The van der Waals surface area contributed by atoms with Crippen LogP contribution < -0.4 is 0 Å². The van der Waals surface area contributed by atoms with Crippen molar-refractivity contribution in [3.63, 3.8) is 0 Å². The summed E-state index contributed by atoms with van der Waals surface area (Å²) in [7, 11) is 1.86.